The average Bonchev–Trinajstić information content (AvgIpc) is 3.02. The van der Waals surface area contributed by atoms with Gasteiger partial charge in [0.15, 0.2) is 0 Å². The second-order valence-electron chi connectivity index (χ2n) is 10.8. The van der Waals surface area contributed by atoms with Crippen molar-refractivity contribution in [2.45, 2.75) is 46.5 Å². The number of fused-ring (bicyclic) bond motifs is 1. The van der Waals surface area contributed by atoms with Gasteiger partial charge in [-0.15, -0.1) is 0 Å². The predicted octanol–water partition coefficient (Wildman–Crippen LogP) is 7.04. The molecular formula is C36H42N2O5. The molecule has 7 nitrogen and oxygen atoms in total. The summed E-state index contributed by atoms with van der Waals surface area (Å²) in [6.07, 6.45) is 0.236. The first-order chi connectivity index (χ1) is 20.7. The molecule has 4 aromatic rings. The van der Waals surface area contributed by atoms with Gasteiger partial charge in [0, 0.05) is 37.1 Å². The van der Waals surface area contributed by atoms with E-state index in [0.29, 0.717) is 6.42 Å². The molecule has 0 aliphatic heterocycles. The number of aliphatic carboxylic acids is 2. The maximum atomic E-state index is 11.8. The van der Waals surface area contributed by atoms with Crippen molar-refractivity contribution in [3.05, 3.63) is 103 Å². The highest BCUT2D eigenvalue weighted by atomic mass is 16.4. The lowest BCUT2D eigenvalue weighted by Crippen LogP contribution is -2.35. The second kappa shape index (κ2) is 16.1. The van der Waals surface area contributed by atoms with Gasteiger partial charge in [-0.3, -0.25) is 14.4 Å². The van der Waals surface area contributed by atoms with E-state index in [4.69, 9.17) is 5.11 Å². The molecule has 0 saturated carbocycles. The highest BCUT2D eigenvalue weighted by molar-refractivity contribution is 5.94. The van der Waals surface area contributed by atoms with Gasteiger partial charge in [0.1, 0.15) is 0 Å². The second-order valence-corrected chi connectivity index (χ2v) is 10.8. The molecule has 0 heterocycles. The van der Waals surface area contributed by atoms with E-state index >= 15 is 0 Å². The number of nitrogens with zero attached hydrogens (tertiary/aromatic N) is 1. The summed E-state index contributed by atoms with van der Waals surface area (Å²) in [5, 5.41) is 23.5. The fraction of sp³-hybridized carbons (Fsp3) is 0.306. The number of rotatable bonds is 13. The largest absolute Gasteiger partial charge is 0.481 e. The van der Waals surface area contributed by atoms with Gasteiger partial charge in [-0.05, 0) is 61.8 Å². The smallest absolute Gasteiger partial charge is 0.309 e. The van der Waals surface area contributed by atoms with Crippen LogP contribution in [0.2, 0.25) is 0 Å². The molecule has 226 valence electrons. The van der Waals surface area contributed by atoms with Gasteiger partial charge in [0.05, 0.1) is 11.8 Å². The van der Waals surface area contributed by atoms with E-state index in [-0.39, 0.29) is 31.7 Å². The minimum Gasteiger partial charge on any atom is -0.481 e. The predicted molar refractivity (Wildman–Crippen MR) is 173 cm³/mol. The number of carboxylic acids is 2. The summed E-state index contributed by atoms with van der Waals surface area (Å²) in [6, 6.07) is 32.8. The molecule has 0 unspecified atom stereocenters. The van der Waals surface area contributed by atoms with Gasteiger partial charge in [-0.2, -0.15) is 0 Å². The van der Waals surface area contributed by atoms with Crippen LogP contribution in [0.3, 0.4) is 0 Å². The Labute approximate surface area is 254 Å². The third kappa shape index (κ3) is 9.70. The summed E-state index contributed by atoms with van der Waals surface area (Å²) in [6.45, 7) is 8.36. The summed E-state index contributed by atoms with van der Waals surface area (Å²) >= 11 is 0. The molecule has 0 aliphatic carbocycles. The minimum atomic E-state index is -1.04. The normalized spacial score (nSPS) is 12.0. The van der Waals surface area contributed by atoms with Crippen molar-refractivity contribution in [2.75, 3.05) is 24.5 Å². The van der Waals surface area contributed by atoms with E-state index in [0.717, 1.165) is 29.8 Å². The first-order valence-corrected chi connectivity index (χ1v) is 14.8. The van der Waals surface area contributed by atoms with Gasteiger partial charge < -0.3 is 20.4 Å². The van der Waals surface area contributed by atoms with Gasteiger partial charge in [-0.25, -0.2) is 0 Å². The summed E-state index contributed by atoms with van der Waals surface area (Å²) in [5.74, 6) is -2.36. The van der Waals surface area contributed by atoms with E-state index in [9.17, 15) is 19.5 Å². The van der Waals surface area contributed by atoms with Crippen molar-refractivity contribution in [1.82, 2.24) is 5.32 Å². The van der Waals surface area contributed by atoms with Crippen molar-refractivity contribution < 1.29 is 24.6 Å². The van der Waals surface area contributed by atoms with E-state index in [2.05, 4.69) is 66.5 Å². The molecule has 0 aromatic heterocycles. The van der Waals surface area contributed by atoms with Crippen LogP contribution in [0.1, 0.15) is 45.6 Å². The zero-order valence-electron chi connectivity index (χ0n) is 25.3. The number of anilines is 1. The van der Waals surface area contributed by atoms with E-state index < -0.39 is 17.4 Å². The number of hydrogen-bond acceptors (Lipinski definition) is 4. The fourth-order valence-electron chi connectivity index (χ4n) is 5.00. The zero-order valence-corrected chi connectivity index (χ0v) is 25.3. The van der Waals surface area contributed by atoms with E-state index in [1.165, 1.54) is 16.5 Å². The number of hydrogen-bond donors (Lipinski definition) is 3. The molecule has 7 heteroatoms. The van der Waals surface area contributed by atoms with Gasteiger partial charge in [0.2, 0.25) is 5.91 Å². The molecule has 0 saturated heterocycles. The molecule has 0 bridgehead atoms. The lowest BCUT2D eigenvalue weighted by atomic mass is 9.80. The Morgan fingerprint density at radius 3 is 1.98 bits per heavy atom. The third-order valence-electron chi connectivity index (χ3n) is 7.61. The van der Waals surface area contributed by atoms with Crippen LogP contribution in [-0.2, 0) is 20.8 Å². The number of amides is 1. The molecule has 43 heavy (non-hydrogen) atoms. The fourth-order valence-corrected chi connectivity index (χ4v) is 5.00. The van der Waals surface area contributed by atoms with Crippen LogP contribution in [0.5, 0.6) is 0 Å². The van der Waals surface area contributed by atoms with Crippen molar-refractivity contribution >= 4 is 34.3 Å². The Kier molecular flexibility index (Phi) is 12.3. The quantitative estimate of drug-likeness (QED) is 0.156. The van der Waals surface area contributed by atoms with Crippen LogP contribution < -0.4 is 10.2 Å². The maximum absolute atomic E-state index is 11.8. The minimum absolute atomic E-state index is 0.111. The molecule has 4 aromatic carbocycles. The Bertz CT molecular complexity index is 1480. The summed E-state index contributed by atoms with van der Waals surface area (Å²) in [4.78, 5) is 36.3. The summed E-state index contributed by atoms with van der Waals surface area (Å²) < 4.78 is 0. The average molecular weight is 583 g/mol. The topological polar surface area (TPSA) is 107 Å². The number of carbonyl (C=O) groups excluding carboxylic acids is 1. The molecule has 0 fully saturated rings. The molecule has 0 radical (unpaired) electrons. The van der Waals surface area contributed by atoms with Gasteiger partial charge >= 0.3 is 11.9 Å². The monoisotopic (exact) mass is 582 g/mol. The standard InChI is InChI=1S/C22H25NO5.C14H17N/c1-22(21(27)28,13-14-23-19(24)11-12-20(25)26)15-16-7-9-18(10-8-16)17-5-3-2-4-6-17;1-3-15(4-2)14-11-7-9-12-8-5-6-10-13(12)14/h2-10H,11-15H2,1H3,(H,23,24)(H,25,26)(H,27,28);5-11H,3-4H2,1-2H3/t22-;/m0./s1. The number of carboxylic acid groups (broad SMARTS) is 2. The molecule has 3 N–H and O–H groups in total. The van der Waals surface area contributed by atoms with Crippen LogP contribution in [0.4, 0.5) is 5.69 Å². The number of nitrogens with one attached hydrogen (secondary N) is 1. The van der Waals surface area contributed by atoms with Crippen LogP contribution >= 0.6 is 0 Å². The maximum Gasteiger partial charge on any atom is 0.309 e. The Balaban J connectivity index is 0.000000282. The van der Waals surface area contributed by atoms with Gasteiger partial charge in [-0.1, -0.05) is 91.0 Å². The van der Waals surface area contributed by atoms with Crippen molar-refractivity contribution in [2.24, 2.45) is 5.41 Å². The van der Waals surface area contributed by atoms with Gasteiger partial charge in [0.25, 0.3) is 0 Å². The molecular weight excluding hydrogens is 540 g/mol. The van der Waals surface area contributed by atoms with Crippen LogP contribution in [-0.4, -0.2) is 47.7 Å². The Morgan fingerprint density at radius 1 is 0.744 bits per heavy atom. The SMILES string of the molecule is CCN(CC)c1cccc2ccccc12.C[C@](CCNC(=O)CCC(=O)O)(Cc1ccc(-c2ccccc2)cc1)C(=O)O. The molecule has 0 spiro atoms. The van der Waals surface area contributed by atoms with Crippen LogP contribution in [0.25, 0.3) is 21.9 Å². The van der Waals surface area contributed by atoms with Crippen molar-refractivity contribution in [1.29, 1.82) is 0 Å². The van der Waals surface area contributed by atoms with Crippen molar-refractivity contribution in [3.63, 3.8) is 0 Å². The van der Waals surface area contributed by atoms with Crippen LogP contribution in [0, 0.1) is 5.41 Å². The number of benzene rings is 4. The first-order valence-electron chi connectivity index (χ1n) is 14.8. The number of carbonyl (C=O) groups is 3. The van der Waals surface area contributed by atoms with E-state index in [1.54, 1.807) is 6.92 Å². The molecule has 1 atom stereocenters. The highest BCUT2D eigenvalue weighted by Gasteiger charge is 2.33. The lowest BCUT2D eigenvalue weighted by Gasteiger charge is -2.25. The third-order valence-corrected chi connectivity index (χ3v) is 7.61. The zero-order chi connectivity index (χ0) is 31.2. The highest BCUT2D eigenvalue weighted by Crippen LogP contribution is 2.29. The Hall–Kier alpha value is -4.65. The summed E-state index contributed by atoms with van der Waals surface area (Å²) in [7, 11) is 0. The molecule has 4 rings (SSSR count). The lowest BCUT2D eigenvalue weighted by molar-refractivity contribution is -0.148. The van der Waals surface area contributed by atoms with Crippen LogP contribution in [0.15, 0.2) is 97.1 Å². The Morgan fingerprint density at radius 2 is 1.35 bits per heavy atom. The van der Waals surface area contributed by atoms with E-state index in [1.807, 2.05) is 54.6 Å². The summed E-state index contributed by atoms with van der Waals surface area (Å²) in [5.41, 5.74) is 3.38. The van der Waals surface area contributed by atoms with Crippen molar-refractivity contribution in [3.8, 4) is 11.1 Å². The molecule has 1 amide bonds. The first kappa shape index (κ1) is 32.9. The molecule has 0 aliphatic rings.